The summed E-state index contributed by atoms with van der Waals surface area (Å²) in [4.78, 5) is 50.3. The quantitative estimate of drug-likeness (QED) is 0.386. The Morgan fingerprint density at radius 2 is 1.73 bits per heavy atom. The van der Waals surface area contributed by atoms with Crippen LogP contribution < -0.4 is 5.32 Å². The molecule has 10 heteroatoms. The van der Waals surface area contributed by atoms with Gasteiger partial charge in [0.2, 0.25) is 5.91 Å². The number of amides is 2. The van der Waals surface area contributed by atoms with Gasteiger partial charge in [-0.15, -0.1) is 23.5 Å². The molecule has 0 radical (unpaired) electrons. The first-order valence-corrected chi connectivity index (χ1v) is 12.1. The van der Waals surface area contributed by atoms with E-state index in [4.69, 9.17) is 0 Å². The van der Waals surface area contributed by atoms with E-state index in [9.17, 15) is 29.4 Å². The van der Waals surface area contributed by atoms with Crippen LogP contribution in [-0.4, -0.2) is 61.8 Å². The van der Waals surface area contributed by atoms with E-state index in [1.54, 1.807) is 18.2 Å². The molecule has 170 valence electrons. The predicted molar refractivity (Wildman–Crippen MR) is 124 cm³/mol. The minimum atomic E-state index is -1.22. The van der Waals surface area contributed by atoms with E-state index < -0.39 is 29.3 Å². The lowest BCUT2D eigenvalue weighted by Gasteiger charge is -2.49. The Kier molecular flexibility index (Phi) is 6.75. The molecule has 1 saturated heterocycles. The van der Waals surface area contributed by atoms with Crippen molar-refractivity contribution in [1.29, 1.82) is 0 Å². The lowest BCUT2D eigenvalue weighted by molar-refractivity contribution is -0.150. The molecule has 3 N–H and O–H groups in total. The van der Waals surface area contributed by atoms with Crippen LogP contribution in [0.25, 0.3) is 0 Å². The second-order valence-corrected chi connectivity index (χ2v) is 9.59. The SMILES string of the molecule is O=C(Cc1ccccc1)N[C@@H]1C(=O)N2C(C(=O)O)=C(CSc3ccccc3C(=O)O)CS[C@H]12. The maximum absolute atomic E-state index is 12.8. The van der Waals surface area contributed by atoms with Crippen LogP contribution in [0.4, 0.5) is 0 Å². The van der Waals surface area contributed by atoms with Crippen molar-refractivity contribution in [3.63, 3.8) is 0 Å². The number of carbonyl (C=O) groups is 4. The largest absolute Gasteiger partial charge is 0.478 e. The van der Waals surface area contributed by atoms with Gasteiger partial charge in [0.1, 0.15) is 17.1 Å². The summed E-state index contributed by atoms with van der Waals surface area (Å²) in [5, 5.41) is 21.4. The zero-order chi connectivity index (χ0) is 23.5. The highest BCUT2D eigenvalue weighted by Crippen LogP contribution is 2.41. The number of carbonyl (C=O) groups excluding carboxylic acids is 2. The summed E-state index contributed by atoms with van der Waals surface area (Å²) >= 11 is 2.61. The second kappa shape index (κ2) is 9.72. The molecule has 2 aliphatic heterocycles. The van der Waals surface area contributed by atoms with Crippen molar-refractivity contribution >= 4 is 47.3 Å². The minimum Gasteiger partial charge on any atom is -0.478 e. The molecule has 0 aliphatic carbocycles. The van der Waals surface area contributed by atoms with Crippen LogP contribution in [0.15, 0.2) is 70.8 Å². The van der Waals surface area contributed by atoms with Gasteiger partial charge in [0.15, 0.2) is 0 Å². The Bertz CT molecular complexity index is 1150. The molecule has 2 aromatic carbocycles. The van der Waals surface area contributed by atoms with Gasteiger partial charge < -0.3 is 15.5 Å². The summed E-state index contributed by atoms with van der Waals surface area (Å²) in [6.07, 6.45) is 0.133. The van der Waals surface area contributed by atoms with Gasteiger partial charge in [0.05, 0.1) is 12.0 Å². The van der Waals surface area contributed by atoms with Gasteiger partial charge in [-0.2, -0.15) is 0 Å². The lowest BCUT2D eigenvalue weighted by Crippen LogP contribution is -2.70. The van der Waals surface area contributed by atoms with Crippen LogP contribution in [0.1, 0.15) is 15.9 Å². The number of aliphatic carboxylic acids is 1. The van der Waals surface area contributed by atoms with Crippen LogP contribution >= 0.6 is 23.5 Å². The molecule has 33 heavy (non-hydrogen) atoms. The first kappa shape index (κ1) is 22.9. The summed E-state index contributed by atoms with van der Waals surface area (Å²) in [5.41, 5.74) is 1.42. The summed E-state index contributed by atoms with van der Waals surface area (Å²) in [7, 11) is 0. The van der Waals surface area contributed by atoms with E-state index >= 15 is 0 Å². The molecule has 2 heterocycles. The zero-order valence-corrected chi connectivity index (χ0v) is 18.9. The van der Waals surface area contributed by atoms with Crippen molar-refractivity contribution in [2.75, 3.05) is 11.5 Å². The normalized spacial score (nSPS) is 19.5. The van der Waals surface area contributed by atoms with Crippen LogP contribution in [0.2, 0.25) is 0 Å². The number of nitrogens with zero attached hydrogens (tertiary/aromatic N) is 1. The first-order chi connectivity index (χ1) is 15.9. The van der Waals surface area contributed by atoms with Gasteiger partial charge in [-0.05, 0) is 23.3 Å². The topological polar surface area (TPSA) is 124 Å². The van der Waals surface area contributed by atoms with E-state index in [0.717, 1.165) is 5.56 Å². The molecule has 2 amide bonds. The van der Waals surface area contributed by atoms with Crippen LogP contribution in [0.5, 0.6) is 0 Å². The number of thioether (sulfide) groups is 2. The lowest BCUT2D eigenvalue weighted by atomic mass is 10.0. The van der Waals surface area contributed by atoms with E-state index in [-0.39, 0.29) is 29.3 Å². The number of rotatable bonds is 8. The smallest absolute Gasteiger partial charge is 0.352 e. The molecule has 8 nitrogen and oxygen atoms in total. The van der Waals surface area contributed by atoms with Crippen molar-refractivity contribution in [2.45, 2.75) is 22.7 Å². The molecule has 0 bridgehead atoms. The fourth-order valence-corrected chi connectivity index (χ4v) is 6.26. The average Bonchev–Trinajstić information content (AvgIpc) is 2.81. The zero-order valence-electron chi connectivity index (χ0n) is 17.3. The van der Waals surface area contributed by atoms with E-state index in [1.807, 2.05) is 30.3 Å². The maximum atomic E-state index is 12.8. The summed E-state index contributed by atoms with van der Waals surface area (Å²) in [6, 6.07) is 14.9. The third-order valence-corrected chi connectivity index (χ3v) is 7.79. The Morgan fingerprint density at radius 3 is 2.42 bits per heavy atom. The highest BCUT2D eigenvalue weighted by molar-refractivity contribution is 8.01. The minimum absolute atomic E-state index is 0.0855. The molecular formula is C23H20N2O6S2. The highest BCUT2D eigenvalue weighted by Gasteiger charge is 2.54. The van der Waals surface area contributed by atoms with Crippen molar-refractivity contribution < 1.29 is 29.4 Å². The van der Waals surface area contributed by atoms with Crippen molar-refractivity contribution in [3.8, 4) is 0 Å². The van der Waals surface area contributed by atoms with Gasteiger partial charge in [-0.25, -0.2) is 9.59 Å². The van der Waals surface area contributed by atoms with Crippen molar-refractivity contribution in [1.82, 2.24) is 10.2 Å². The van der Waals surface area contributed by atoms with E-state index in [2.05, 4.69) is 5.32 Å². The molecule has 0 spiro atoms. The van der Waals surface area contributed by atoms with Gasteiger partial charge >= 0.3 is 11.9 Å². The maximum Gasteiger partial charge on any atom is 0.352 e. The number of nitrogens with one attached hydrogen (secondary N) is 1. The molecule has 2 atom stereocenters. The van der Waals surface area contributed by atoms with Gasteiger partial charge in [0, 0.05) is 16.4 Å². The number of hydrogen-bond donors (Lipinski definition) is 3. The van der Waals surface area contributed by atoms with E-state index in [1.165, 1.54) is 34.5 Å². The number of β-lactam (4-membered cyclic amide) rings is 1. The predicted octanol–water partition coefficient (Wildman–Crippen LogP) is 2.46. The molecule has 2 aromatic rings. The molecular weight excluding hydrogens is 464 g/mol. The Balaban J connectivity index is 1.46. The second-order valence-electron chi connectivity index (χ2n) is 7.46. The van der Waals surface area contributed by atoms with Crippen molar-refractivity contribution in [2.24, 2.45) is 0 Å². The van der Waals surface area contributed by atoms with Crippen LogP contribution in [-0.2, 0) is 20.8 Å². The average molecular weight is 485 g/mol. The molecule has 1 fully saturated rings. The molecule has 0 unspecified atom stereocenters. The summed E-state index contributed by atoms with van der Waals surface area (Å²) in [6.45, 7) is 0. The fraction of sp³-hybridized carbons (Fsp3) is 0.217. The van der Waals surface area contributed by atoms with Gasteiger partial charge in [-0.1, -0.05) is 42.5 Å². The molecule has 0 aromatic heterocycles. The number of carboxylic acids is 2. The van der Waals surface area contributed by atoms with E-state index in [0.29, 0.717) is 16.2 Å². The number of carboxylic acid groups (broad SMARTS) is 2. The van der Waals surface area contributed by atoms with Crippen molar-refractivity contribution in [3.05, 3.63) is 77.0 Å². The third-order valence-electron chi connectivity index (χ3n) is 5.29. The molecule has 4 rings (SSSR count). The number of fused-ring (bicyclic) bond motifs is 1. The number of hydrogen-bond acceptors (Lipinski definition) is 6. The van der Waals surface area contributed by atoms with Gasteiger partial charge in [0.25, 0.3) is 5.91 Å². The third kappa shape index (κ3) is 4.76. The number of benzene rings is 2. The monoisotopic (exact) mass is 484 g/mol. The van der Waals surface area contributed by atoms with Crippen LogP contribution in [0.3, 0.4) is 0 Å². The van der Waals surface area contributed by atoms with Gasteiger partial charge in [-0.3, -0.25) is 14.5 Å². The van der Waals surface area contributed by atoms with Crippen LogP contribution in [0, 0.1) is 0 Å². The standard InChI is InChI=1S/C23H20N2O6S2/c26-17(10-13-6-2-1-3-7-13)24-18-20(27)25-19(23(30)31)14(12-33-21(18)25)11-32-16-9-5-4-8-15(16)22(28)29/h1-9,18,21H,10-12H2,(H,24,26)(H,28,29)(H,30,31)/t18-,21-/m1/s1. The fourth-order valence-electron chi connectivity index (χ4n) is 3.73. The Hall–Kier alpha value is -3.24. The molecule has 0 saturated carbocycles. The first-order valence-electron chi connectivity index (χ1n) is 10.0. The Morgan fingerprint density at radius 1 is 1.03 bits per heavy atom. The summed E-state index contributed by atoms with van der Waals surface area (Å²) in [5.74, 6) is -2.43. The Labute approximate surface area is 198 Å². The molecule has 2 aliphatic rings. The number of aromatic carboxylic acids is 1. The summed E-state index contributed by atoms with van der Waals surface area (Å²) < 4.78 is 0. The highest BCUT2D eigenvalue weighted by atomic mass is 32.2.